The monoisotopic (exact) mass is 502 g/mol. The van der Waals surface area contributed by atoms with Crippen LogP contribution in [0.15, 0.2) is 67.4 Å². The van der Waals surface area contributed by atoms with E-state index >= 15 is 0 Å². The lowest BCUT2D eigenvalue weighted by atomic mass is 10.1. The van der Waals surface area contributed by atoms with Crippen molar-refractivity contribution < 1.29 is 18.3 Å². The van der Waals surface area contributed by atoms with E-state index in [9.17, 15) is 13.6 Å². The Labute approximate surface area is 211 Å². The Bertz CT molecular complexity index is 1600. The van der Waals surface area contributed by atoms with Gasteiger partial charge >= 0.3 is 6.09 Å². The second-order valence-corrected chi connectivity index (χ2v) is 9.56. The Hall–Kier alpha value is -4.60. The summed E-state index contributed by atoms with van der Waals surface area (Å²) in [6.45, 7) is 5.58. The first-order chi connectivity index (χ1) is 17.6. The number of nitrogens with one attached hydrogen (secondary N) is 2. The zero-order valence-electron chi connectivity index (χ0n) is 20.4. The van der Waals surface area contributed by atoms with Gasteiger partial charge in [0.15, 0.2) is 11.6 Å². The molecule has 1 amide bonds. The molecule has 0 aliphatic rings. The largest absolute Gasteiger partial charge is 0.444 e. The number of aromatic amines is 1. The Kier molecular flexibility index (Phi) is 6.16. The number of fused-ring (bicyclic) bond motifs is 1. The van der Waals surface area contributed by atoms with Crippen molar-refractivity contribution in [2.24, 2.45) is 0 Å². The molecule has 2 N–H and O–H groups in total. The molecule has 0 spiro atoms. The number of H-pyrrole nitrogens is 1. The molecule has 0 radical (unpaired) electrons. The molecule has 4 aromatic heterocycles. The van der Waals surface area contributed by atoms with Crippen LogP contribution >= 0.6 is 0 Å². The number of carbonyl (C=O) groups excluding carboxylic acids is 1. The lowest BCUT2D eigenvalue weighted by Crippen LogP contribution is -2.27. The van der Waals surface area contributed by atoms with E-state index in [0.29, 0.717) is 23.3 Å². The van der Waals surface area contributed by atoms with E-state index in [1.807, 2.05) is 24.5 Å². The summed E-state index contributed by atoms with van der Waals surface area (Å²) in [5.41, 5.74) is 3.61. The molecule has 4 heterocycles. The molecule has 5 rings (SSSR count). The van der Waals surface area contributed by atoms with E-state index in [1.54, 1.807) is 43.9 Å². The van der Waals surface area contributed by atoms with E-state index in [0.717, 1.165) is 22.1 Å². The average molecular weight is 503 g/mol. The summed E-state index contributed by atoms with van der Waals surface area (Å²) in [4.78, 5) is 23.6. The summed E-state index contributed by atoms with van der Waals surface area (Å²) >= 11 is 0. The Morgan fingerprint density at radius 2 is 1.84 bits per heavy atom. The van der Waals surface area contributed by atoms with Gasteiger partial charge < -0.3 is 9.72 Å². The second-order valence-electron chi connectivity index (χ2n) is 9.56. The summed E-state index contributed by atoms with van der Waals surface area (Å²) in [6.07, 6.45) is 7.73. The average Bonchev–Trinajstić information content (AvgIpc) is 3.45. The van der Waals surface area contributed by atoms with Gasteiger partial charge in [0.05, 0.1) is 12.7 Å². The van der Waals surface area contributed by atoms with Crippen LogP contribution in [-0.4, -0.2) is 36.4 Å². The van der Waals surface area contributed by atoms with Crippen LogP contribution in [0.3, 0.4) is 0 Å². The molecule has 8 nitrogen and oxygen atoms in total. The molecule has 37 heavy (non-hydrogen) atoms. The molecule has 5 aromatic rings. The van der Waals surface area contributed by atoms with Gasteiger partial charge in [0.1, 0.15) is 17.1 Å². The summed E-state index contributed by atoms with van der Waals surface area (Å²) in [7, 11) is 0. The molecule has 0 aliphatic carbocycles. The van der Waals surface area contributed by atoms with Crippen LogP contribution in [0.1, 0.15) is 26.3 Å². The Morgan fingerprint density at radius 3 is 2.59 bits per heavy atom. The molecule has 0 bridgehead atoms. The van der Waals surface area contributed by atoms with Crippen LogP contribution in [0.5, 0.6) is 0 Å². The number of amides is 1. The van der Waals surface area contributed by atoms with Crippen molar-refractivity contribution in [3.63, 3.8) is 0 Å². The van der Waals surface area contributed by atoms with E-state index in [2.05, 4.69) is 25.4 Å². The van der Waals surface area contributed by atoms with Gasteiger partial charge in [-0.05, 0) is 50.6 Å². The predicted octanol–water partition coefficient (Wildman–Crippen LogP) is 6.16. The summed E-state index contributed by atoms with van der Waals surface area (Å²) in [5, 5.41) is 7.55. The number of hydrogen-bond acceptors (Lipinski definition) is 5. The van der Waals surface area contributed by atoms with Crippen LogP contribution in [0, 0.1) is 11.6 Å². The Balaban J connectivity index is 1.39. The maximum atomic E-state index is 14.7. The van der Waals surface area contributed by atoms with Gasteiger partial charge in [0, 0.05) is 52.4 Å². The van der Waals surface area contributed by atoms with Crippen LogP contribution in [0.2, 0.25) is 0 Å². The number of hydrogen-bond donors (Lipinski definition) is 2. The van der Waals surface area contributed by atoms with Gasteiger partial charge in [-0.25, -0.2) is 23.5 Å². The third-order valence-electron chi connectivity index (χ3n) is 5.50. The van der Waals surface area contributed by atoms with Crippen molar-refractivity contribution in [3.8, 4) is 22.3 Å². The fourth-order valence-corrected chi connectivity index (χ4v) is 3.90. The SMILES string of the molecule is CC(C)(C)OC(=O)Nc1ncc(-c2cnc3[nH]cc(-c4cnn(Cc5cccc(F)c5)c4)c3c2)cc1F. The first kappa shape index (κ1) is 24.1. The van der Waals surface area contributed by atoms with Gasteiger partial charge in [-0.15, -0.1) is 0 Å². The van der Waals surface area contributed by atoms with E-state index < -0.39 is 17.5 Å². The summed E-state index contributed by atoms with van der Waals surface area (Å²) in [5.74, 6) is -1.21. The molecular formula is C27H24F2N6O2. The molecule has 0 unspecified atom stereocenters. The smallest absolute Gasteiger partial charge is 0.413 e. The molecule has 0 saturated carbocycles. The minimum Gasteiger partial charge on any atom is -0.444 e. The van der Waals surface area contributed by atoms with Gasteiger partial charge in [-0.3, -0.25) is 10.00 Å². The molecule has 1 aromatic carbocycles. The zero-order valence-corrected chi connectivity index (χ0v) is 20.4. The third kappa shape index (κ3) is 5.48. The highest BCUT2D eigenvalue weighted by atomic mass is 19.1. The minimum absolute atomic E-state index is 0.222. The standard InChI is InChI=1S/C27H24F2N6O2/c1-27(2,3)37-26(36)34-25-23(29)9-18(11-31-25)17-8-21-22(13-32-24(21)30-10-17)19-12-33-35(15-19)14-16-5-4-6-20(28)7-16/h4-13,15H,14H2,1-3H3,(H,30,32)(H,31,34,36). The molecule has 0 fully saturated rings. The molecule has 0 aliphatic heterocycles. The highest BCUT2D eigenvalue weighted by molar-refractivity contribution is 5.95. The minimum atomic E-state index is -0.787. The zero-order chi connectivity index (χ0) is 26.2. The highest BCUT2D eigenvalue weighted by Gasteiger charge is 2.19. The van der Waals surface area contributed by atoms with E-state index in [1.165, 1.54) is 24.4 Å². The summed E-state index contributed by atoms with van der Waals surface area (Å²) in [6, 6.07) is 9.56. The van der Waals surface area contributed by atoms with Crippen LogP contribution < -0.4 is 5.32 Å². The number of aromatic nitrogens is 5. The van der Waals surface area contributed by atoms with Gasteiger partial charge in [0.2, 0.25) is 0 Å². The maximum absolute atomic E-state index is 14.7. The molecule has 10 heteroatoms. The molecular weight excluding hydrogens is 478 g/mol. The van der Waals surface area contributed by atoms with Crippen LogP contribution in [-0.2, 0) is 11.3 Å². The third-order valence-corrected chi connectivity index (χ3v) is 5.50. The first-order valence-corrected chi connectivity index (χ1v) is 11.5. The lowest BCUT2D eigenvalue weighted by molar-refractivity contribution is 0.0634. The van der Waals surface area contributed by atoms with Crippen molar-refractivity contribution in [3.05, 3.63) is 84.6 Å². The van der Waals surface area contributed by atoms with Gasteiger partial charge in [-0.1, -0.05) is 12.1 Å². The number of halogens is 2. The van der Waals surface area contributed by atoms with Crippen LogP contribution in [0.25, 0.3) is 33.3 Å². The number of pyridine rings is 2. The van der Waals surface area contributed by atoms with Crippen molar-refractivity contribution in [1.82, 2.24) is 24.7 Å². The van der Waals surface area contributed by atoms with Crippen molar-refractivity contribution in [2.75, 3.05) is 5.32 Å². The highest BCUT2D eigenvalue weighted by Crippen LogP contribution is 2.31. The summed E-state index contributed by atoms with van der Waals surface area (Å²) < 4.78 is 35.1. The number of benzene rings is 1. The number of ether oxygens (including phenoxy) is 1. The van der Waals surface area contributed by atoms with Gasteiger partial charge in [0.25, 0.3) is 0 Å². The van der Waals surface area contributed by atoms with Gasteiger partial charge in [-0.2, -0.15) is 5.10 Å². The maximum Gasteiger partial charge on any atom is 0.413 e. The predicted molar refractivity (Wildman–Crippen MR) is 136 cm³/mol. The van der Waals surface area contributed by atoms with E-state index in [4.69, 9.17) is 4.74 Å². The molecule has 0 atom stereocenters. The fraction of sp³-hybridized carbons (Fsp3) is 0.185. The lowest BCUT2D eigenvalue weighted by Gasteiger charge is -2.19. The first-order valence-electron chi connectivity index (χ1n) is 11.5. The van der Waals surface area contributed by atoms with E-state index in [-0.39, 0.29) is 11.6 Å². The molecule has 0 saturated heterocycles. The number of rotatable bonds is 5. The molecule has 188 valence electrons. The number of anilines is 1. The quantitative estimate of drug-likeness (QED) is 0.300. The van der Waals surface area contributed by atoms with Crippen molar-refractivity contribution in [1.29, 1.82) is 0 Å². The number of carbonyl (C=O) groups is 1. The fourth-order valence-electron chi connectivity index (χ4n) is 3.90. The Morgan fingerprint density at radius 1 is 1.05 bits per heavy atom. The topological polar surface area (TPSA) is 97.7 Å². The van der Waals surface area contributed by atoms with Crippen molar-refractivity contribution >= 4 is 22.9 Å². The second kappa shape index (κ2) is 9.45. The van der Waals surface area contributed by atoms with Crippen molar-refractivity contribution in [2.45, 2.75) is 32.9 Å². The van der Waals surface area contributed by atoms with Crippen LogP contribution in [0.4, 0.5) is 19.4 Å². The number of nitrogens with zero attached hydrogens (tertiary/aromatic N) is 4. The normalized spacial score (nSPS) is 11.6.